The Morgan fingerprint density at radius 3 is 2.85 bits per heavy atom. The maximum atomic E-state index is 13.6. The fraction of sp³-hybridized carbons (Fsp3) is 0.214. The summed E-state index contributed by atoms with van der Waals surface area (Å²) in [5.74, 6) is -0.188. The number of hydrogen-bond acceptors (Lipinski definition) is 2. The highest BCUT2D eigenvalue weighted by Crippen LogP contribution is 2.26. The lowest BCUT2D eigenvalue weighted by Crippen LogP contribution is -2.55. The van der Waals surface area contributed by atoms with Gasteiger partial charge in [-0.15, -0.1) is 0 Å². The molecule has 1 aromatic rings. The molecule has 0 saturated heterocycles. The Bertz CT molecular complexity index is 561. The smallest absolute Gasteiger partial charge is 0.189 e. The lowest BCUT2D eigenvalue weighted by Gasteiger charge is -2.39. The number of alkyl halides is 1. The van der Waals surface area contributed by atoms with Crippen molar-refractivity contribution in [2.75, 3.05) is 6.54 Å². The second kappa shape index (κ2) is 6.37. The maximum Gasteiger partial charge on any atom is 0.189 e. The molecular formula is C14H15BrFN3S. The summed E-state index contributed by atoms with van der Waals surface area (Å²) in [4.78, 5) is 1.97. The summed E-state index contributed by atoms with van der Waals surface area (Å²) in [6.07, 6.45) is 8.17. The molecule has 0 bridgehead atoms. The lowest BCUT2D eigenvalue weighted by atomic mass is 10.1. The Kier molecular flexibility index (Phi) is 4.77. The molecule has 1 aromatic carbocycles. The van der Waals surface area contributed by atoms with Gasteiger partial charge in [0, 0.05) is 12.7 Å². The highest BCUT2D eigenvalue weighted by molar-refractivity contribution is 9.10. The van der Waals surface area contributed by atoms with Crippen LogP contribution in [0.5, 0.6) is 0 Å². The highest BCUT2D eigenvalue weighted by Gasteiger charge is 2.30. The van der Waals surface area contributed by atoms with Crippen LogP contribution in [0, 0.1) is 5.82 Å². The van der Waals surface area contributed by atoms with Crippen LogP contribution in [0.25, 0.3) is 0 Å². The van der Waals surface area contributed by atoms with Crippen LogP contribution < -0.4 is 11.1 Å². The second-order valence-corrected chi connectivity index (χ2v) is 6.05. The van der Waals surface area contributed by atoms with E-state index in [0.29, 0.717) is 18.5 Å². The number of rotatable bonds is 4. The van der Waals surface area contributed by atoms with Gasteiger partial charge in [0.2, 0.25) is 0 Å². The Balaban J connectivity index is 2.07. The summed E-state index contributed by atoms with van der Waals surface area (Å²) in [7, 11) is 0. The van der Waals surface area contributed by atoms with Crippen molar-refractivity contribution in [2.24, 2.45) is 5.73 Å². The number of nitrogens with two attached hydrogens (primary N) is 1. The van der Waals surface area contributed by atoms with Gasteiger partial charge in [-0.25, -0.2) is 4.39 Å². The molecule has 0 aliphatic carbocycles. The Labute approximate surface area is 131 Å². The van der Waals surface area contributed by atoms with Crippen LogP contribution in [-0.4, -0.2) is 21.1 Å². The number of nitrogens with zero attached hydrogens (tertiary/aromatic N) is 1. The van der Waals surface area contributed by atoms with E-state index in [9.17, 15) is 4.39 Å². The van der Waals surface area contributed by atoms with E-state index in [1.807, 2.05) is 35.4 Å². The van der Waals surface area contributed by atoms with Gasteiger partial charge >= 0.3 is 0 Å². The minimum Gasteiger partial charge on any atom is -0.376 e. The first kappa shape index (κ1) is 15.0. The summed E-state index contributed by atoms with van der Waals surface area (Å²) in [5, 5.41) is 3.17. The molecule has 106 valence electrons. The van der Waals surface area contributed by atoms with Crippen molar-refractivity contribution in [3.63, 3.8) is 0 Å². The summed E-state index contributed by atoms with van der Waals surface area (Å²) in [6, 6.07) is 6.77. The Morgan fingerprint density at radius 2 is 2.15 bits per heavy atom. The molecule has 0 saturated carbocycles. The molecule has 1 aliphatic rings. The highest BCUT2D eigenvalue weighted by atomic mass is 79.9. The largest absolute Gasteiger partial charge is 0.376 e. The fourth-order valence-corrected chi connectivity index (χ4v) is 2.95. The molecule has 0 fully saturated rings. The summed E-state index contributed by atoms with van der Waals surface area (Å²) >= 11 is 8.46. The van der Waals surface area contributed by atoms with E-state index in [1.54, 1.807) is 12.1 Å². The molecular weight excluding hydrogens is 341 g/mol. The van der Waals surface area contributed by atoms with Crippen molar-refractivity contribution in [3.8, 4) is 0 Å². The Morgan fingerprint density at radius 1 is 1.40 bits per heavy atom. The van der Waals surface area contributed by atoms with E-state index in [2.05, 4.69) is 21.2 Å². The average molecular weight is 356 g/mol. The van der Waals surface area contributed by atoms with E-state index >= 15 is 0 Å². The summed E-state index contributed by atoms with van der Waals surface area (Å²) in [6.45, 7) is 0.614. The topological polar surface area (TPSA) is 41.3 Å². The van der Waals surface area contributed by atoms with Gasteiger partial charge in [0.05, 0.1) is 0 Å². The molecule has 1 unspecified atom stereocenters. The zero-order valence-corrected chi connectivity index (χ0v) is 13.1. The van der Waals surface area contributed by atoms with E-state index in [4.69, 9.17) is 18.0 Å². The molecule has 0 aromatic heterocycles. The van der Waals surface area contributed by atoms with Gasteiger partial charge in [-0.05, 0) is 58.4 Å². The molecule has 1 heterocycles. The van der Waals surface area contributed by atoms with E-state index in [0.717, 1.165) is 0 Å². The SMILES string of the molecule is NC(=S)NC1(Br)C=CC=CN1CCc1ccccc1F. The maximum absolute atomic E-state index is 13.6. The number of thiocarbonyl (C=S) groups is 1. The molecule has 1 atom stereocenters. The molecule has 0 spiro atoms. The van der Waals surface area contributed by atoms with Crippen molar-refractivity contribution < 1.29 is 4.39 Å². The van der Waals surface area contributed by atoms with Crippen LogP contribution in [0.1, 0.15) is 5.56 Å². The van der Waals surface area contributed by atoms with Crippen molar-refractivity contribution in [3.05, 3.63) is 60.1 Å². The molecule has 6 heteroatoms. The first-order chi connectivity index (χ1) is 9.51. The molecule has 0 radical (unpaired) electrons. The van der Waals surface area contributed by atoms with Crippen LogP contribution in [0.4, 0.5) is 4.39 Å². The predicted octanol–water partition coefficient (Wildman–Crippen LogP) is 2.64. The summed E-state index contributed by atoms with van der Waals surface area (Å²) in [5.41, 5.74) is 6.23. The monoisotopic (exact) mass is 355 g/mol. The minimum atomic E-state index is -0.668. The van der Waals surface area contributed by atoms with Gasteiger partial charge in [-0.3, -0.25) is 0 Å². The van der Waals surface area contributed by atoms with Crippen LogP contribution in [0.15, 0.2) is 48.7 Å². The van der Waals surface area contributed by atoms with Gasteiger partial charge in [-0.2, -0.15) is 0 Å². The van der Waals surface area contributed by atoms with Crippen LogP contribution in [0.2, 0.25) is 0 Å². The fourth-order valence-electron chi connectivity index (χ4n) is 2.01. The number of allylic oxidation sites excluding steroid dienone is 2. The van der Waals surface area contributed by atoms with E-state index < -0.39 is 4.57 Å². The van der Waals surface area contributed by atoms with E-state index in [-0.39, 0.29) is 10.9 Å². The molecule has 3 N–H and O–H groups in total. The molecule has 2 rings (SSSR count). The minimum absolute atomic E-state index is 0.188. The molecule has 3 nitrogen and oxygen atoms in total. The number of hydrogen-bond donors (Lipinski definition) is 2. The van der Waals surface area contributed by atoms with Gasteiger partial charge in [0.1, 0.15) is 5.82 Å². The van der Waals surface area contributed by atoms with Crippen molar-refractivity contribution in [1.29, 1.82) is 0 Å². The second-order valence-electron chi connectivity index (χ2n) is 4.40. The number of nitrogens with one attached hydrogen (secondary N) is 1. The van der Waals surface area contributed by atoms with Gasteiger partial charge in [0.15, 0.2) is 9.68 Å². The van der Waals surface area contributed by atoms with Gasteiger partial charge < -0.3 is 16.0 Å². The number of benzene rings is 1. The van der Waals surface area contributed by atoms with Crippen LogP contribution >= 0.6 is 28.1 Å². The third-order valence-electron chi connectivity index (χ3n) is 2.99. The van der Waals surface area contributed by atoms with Gasteiger partial charge in [0.25, 0.3) is 0 Å². The zero-order chi connectivity index (χ0) is 14.6. The molecule has 20 heavy (non-hydrogen) atoms. The average Bonchev–Trinajstić information content (AvgIpc) is 2.38. The first-order valence-corrected chi connectivity index (χ1v) is 7.34. The van der Waals surface area contributed by atoms with Crippen LogP contribution in [-0.2, 0) is 6.42 Å². The molecule has 1 aliphatic heterocycles. The third kappa shape index (κ3) is 3.58. The molecule has 0 amide bonds. The summed E-state index contributed by atoms with van der Waals surface area (Å²) < 4.78 is 13.0. The normalized spacial score (nSPS) is 21.0. The standard InChI is InChI=1S/C14H15BrFN3S/c15-14(18-13(17)20)8-3-4-9-19(14)10-7-11-5-1-2-6-12(11)16/h1-6,8-9H,7,10H2,(H3,17,18,20). The van der Waals surface area contributed by atoms with Crippen LogP contribution in [0.3, 0.4) is 0 Å². The Hall–Kier alpha value is -1.40. The number of halogens is 2. The predicted molar refractivity (Wildman–Crippen MR) is 86.7 cm³/mol. The van der Waals surface area contributed by atoms with E-state index in [1.165, 1.54) is 6.07 Å². The first-order valence-electron chi connectivity index (χ1n) is 6.14. The zero-order valence-electron chi connectivity index (χ0n) is 10.7. The third-order valence-corrected chi connectivity index (χ3v) is 4.01. The van der Waals surface area contributed by atoms with Gasteiger partial charge in [-0.1, -0.05) is 24.3 Å². The van der Waals surface area contributed by atoms with Crippen molar-refractivity contribution in [1.82, 2.24) is 10.2 Å². The van der Waals surface area contributed by atoms with Crippen molar-refractivity contribution in [2.45, 2.75) is 11.0 Å². The lowest BCUT2D eigenvalue weighted by molar-refractivity contribution is 0.277. The quantitative estimate of drug-likeness (QED) is 0.495. The van der Waals surface area contributed by atoms with Crippen molar-refractivity contribution >= 4 is 33.3 Å².